The molecular formula is C22H29FN4O4. The first-order chi connectivity index (χ1) is 14.6. The van der Waals surface area contributed by atoms with Crippen molar-refractivity contribution in [2.75, 3.05) is 42.5 Å². The fourth-order valence-electron chi connectivity index (χ4n) is 4.55. The highest BCUT2D eigenvalue weighted by molar-refractivity contribution is 6.02. The largest absolute Gasteiger partial charge is 0.444 e. The van der Waals surface area contributed by atoms with E-state index in [0.717, 1.165) is 11.3 Å². The van der Waals surface area contributed by atoms with Crippen LogP contribution in [-0.4, -0.2) is 67.2 Å². The smallest absolute Gasteiger partial charge is 0.410 e. The van der Waals surface area contributed by atoms with Crippen molar-refractivity contribution in [1.29, 1.82) is 0 Å². The summed E-state index contributed by atoms with van der Waals surface area (Å²) in [5.74, 6) is -0.834. The number of nitrogens with zero attached hydrogens (tertiary/aromatic N) is 3. The molecule has 3 amide bonds. The lowest BCUT2D eigenvalue weighted by molar-refractivity contribution is -0.134. The molecule has 8 nitrogen and oxygen atoms in total. The van der Waals surface area contributed by atoms with Gasteiger partial charge in [-0.1, -0.05) is 0 Å². The third-order valence-electron chi connectivity index (χ3n) is 5.95. The van der Waals surface area contributed by atoms with Gasteiger partial charge in [0.1, 0.15) is 17.5 Å². The normalized spacial score (nSPS) is 21.8. The number of nitrogens with one attached hydrogen (secondary N) is 1. The zero-order valence-electron chi connectivity index (χ0n) is 18.2. The van der Waals surface area contributed by atoms with Crippen molar-refractivity contribution in [3.8, 4) is 0 Å². The number of ether oxygens (including phenoxy) is 1. The van der Waals surface area contributed by atoms with Gasteiger partial charge in [0, 0.05) is 50.4 Å². The van der Waals surface area contributed by atoms with Crippen molar-refractivity contribution in [2.45, 2.75) is 51.7 Å². The minimum absolute atomic E-state index is 0.247. The lowest BCUT2D eigenvalue weighted by Crippen LogP contribution is -2.52. The highest BCUT2D eigenvalue weighted by atomic mass is 19.1. The van der Waals surface area contributed by atoms with Crippen molar-refractivity contribution in [2.24, 2.45) is 0 Å². The van der Waals surface area contributed by atoms with E-state index in [-0.39, 0.29) is 23.7 Å². The number of piperidine rings is 1. The molecule has 3 aliphatic rings. The second kappa shape index (κ2) is 8.01. The highest BCUT2D eigenvalue weighted by Crippen LogP contribution is 2.39. The van der Waals surface area contributed by atoms with E-state index in [1.165, 1.54) is 6.07 Å². The molecule has 1 unspecified atom stereocenters. The first kappa shape index (κ1) is 21.4. The molecule has 1 aromatic rings. The van der Waals surface area contributed by atoms with Crippen molar-refractivity contribution >= 4 is 29.3 Å². The van der Waals surface area contributed by atoms with E-state index >= 15 is 0 Å². The number of hydrogen-bond acceptors (Lipinski definition) is 6. The monoisotopic (exact) mass is 432 g/mol. The van der Waals surface area contributed by atoms with Crippen molar-refractivity contribution in [3.63, 3.8) is 0 Å². The van der Waals surface area contributed by atoms with Crippen molar-refractivity contribution < 1.29 is 23.5 Å². The van der Waals surface area contributed by atoms with Crippen LogP contribution in [0.2, 0.25) is 0 Å². The van der Waals surface area contributed by atoms with E-state index in [4.69, 9.17) is 4.74 Å². The lowest BCUT2D eigenvalue weighted by atomic mass is 10.0. The fourth-order valence-corrected chi connectivity index (χ4v) is 4.55. The zero-order valence-corrected chi connectivity index (χ0v) is 18.2. The number of carbonyl (C=O) groups is 3. The topological polar surface area (TPSA) is 82.2 Å². The Bertz CT molecular complexity index is 906. The number of amides is 3. The Morgan fingerprint density at radius 3 is 2.45 bits per heavy atom. The Balaban J connectivity index is 1.50. The predicted molar refractivity (Wildman–Crippen MR) is 114 cm³/mol. The van der Waals surface area contributed by atoms with Crippen LogP contribution < -0.4 is 15.1 Å². The Labute approximate surface area is 181 Å². The molecule has 1 atom stereocenters. The summed E-state index contributed by atoms with van der Waals surface area (Å²) in [6.45, 7) is 8.02. The first-order valence-electron chi connectivity index (χ1n) is 10.8. The van der Waals surface area contributed by atoms with Crippen LogP contribution in [0.15, 0.2) is 12.1 Å². The summed E-state index contributed by atoms with van der Waals surface area (Å²) in [4.78, 5) is 41.8. The van der Waals surface area contributed by atoms with Crippen LogP contribution in [0.4, 0.5) is 20.6 Å². The number of imide groups is 1. The Morgan fingerprint density at radius 1 is 1.10 bits per heavy atom. The summed E-state index contributed by atoms with van der Waals surface area (Å²) < 4.78 is 20.4. The molecule has 1 aromatic carbocycles. The van der Waals surface area contributed by atoms with Gasteiger partial charge in [-0.15, -0.1) is 0 Å². The summed E-state index contributed by atoms with van der Waals surface area (Å²) in [5, 5.41) is 2.40. The molecule has 0 aromatic heterocycles. The number of hydrogen-bond donors (Lipinski definition) is 1. The second-order valence-electron chi connectivity index (χ2n) is 9.26. The molecule has 1 N–H and O–H groups in total. The highest BCUT2D eigenvalue weighted by Gasteiger charge is 2.37. The van der Waals surface area contributed by atoms with Crippen LogP contribution in [0, 0.1) is 5.82 Å². The van der Waals surface area contributed by atoms with Gasteiger partial charge in [-0.3, -0.25) is 14.9 Å². The number of piperazine rings is 1. The van der Waals surface area contributed by atoms with Gasteiger partial charge < -0.3 is 19.4 Å². The first-order valence-corrected chi connectivity index (χ1v) is 10.8. The molecule has 0 saturated carbocycles. The molecule has 3 aliphatic heterocycles. The summed E-state index contributed by atoms with van der Waals surface area (Å²) in [5.41, 5.74) is 1.73. The maximum Gasteiger partial charge on any atom is 0.410 e. The van der Waals surface area contributed by atoms with Gasteiger partial charge in [-0.25, -0.2) is 9.18 Å². The van der Waals surface area contributed by atoms with Gasteiger partial charge in [0.25, 0.3) is 0 Å². The minimum Gasteiger partial charge on any atom is -0.444 e. The summed E-state index contributed by atoms with van der Waals surface area (Å²) >= 11 is 0. The average molecular weight is 432 g/mol. The Hall–Kier alpha value is -2.84. The molecule has 3 heterocycles. The molecule has 168 valence electrons. The van der Waals surface area contributed by atoms with E-state index in [1.807, 2.05) is 30.6 Å². The Morgan fingerprint density at radius 2 is 1.81 bits per heavy atom. The maximum atomic E-state index is 14.9. The van der Waals surface area contributed by atoms with Gasteiger partial charge in [0.05, 0.1) is 5.69 Å². The van der Waals surface area contributed by atoms with Gasteiger partial charge in [-0.05, 0) is 45.7 Å². The number of benzene rings is 1. The molecule has 0 aliphatic carbocycles. The average Bonchev–Trinajstić information content (AvgIpc) is 3.10. The SMILES string of the molecule is CC(C)(C)OC(=O)N1CCN(c2c(F)ccc3c2CCN3C2CCC(=O)NC2=O)CC1. The summed E-state index contributed by atoms with van der Waals surface area (Å²) in [6, 6.07) is 2.75. The van der Waals surface area contributed by atoms with E-state index in [0.29, 0.717) is 57.7 Å². The van der Waals surface area contributed by atoms with E-state index in [1.54, 1.807) is 11.0 Å². The van der Waals surface area contributed by atoms with Gasteiger partial charge in [0.15, 0.2) is 0 Å². The molecule has 0 radical (unpaired) electrons. The van der Waals surface area contributed by atoms with Crippen LogP contribution in [0.3, 0.4) is 0 Å². The van der Waals surface area contributed by atoms with Crippen LogP contribution in [0.5, 0.6) is 0 Å². The number of carbonyl (C=O) groups excluding carboxylic acids is 3. The quantitative estimate of drug-likeness (QED) is 0.721. The van der Waals surface area contributed by atoms with Crippen LogP contribution in [0.25, 0.3) is 0 Å². The fraction of sp³-hybridized carbons (Fsp3) is 0.591. The standard InChI is InChI=1S/C22H29FN4O4/c1-22(2,3)31-21(30)26-12-10-25(11-13-26)19-14-8-9-27(16(14)5-4-15(19)23)17-6-7-18(28)24-20(17)29/h4-5,17H,6-13H2,1-3H3,(H,24,28,29). The van der Waals surface area contributed by atoms with Gasteiger partial charge >= 0.3 is 6.09 Å². The predicted octanol–water partition coefficient (Wildman–Crippen LogP) is 2.05. The Kier molecular flexibility index (Phi) is 5.53. The van der Waals surface area contributed by atoms with Crippen LogP contribution >= 0.6 is 0 Å². The number of rotatable bonds is 2. The summed E-state index contributed by atoms with van der Waals surface area (Å²) in [7, 11) is 0. The molecular weight excluding hydrogens is 403 g/mol. The molecule has 4 rings (SSSR count). The van der Waals surface area contributed by atoms with Crippen molar-refractivity contribution in [1.82, 2.24) is 10.2 Å². The van der Waals surface area contributed by atoms with E-state index in [9.17, 15) is 18.8 Å². The molecule has 2 saturated heterocycles. The third kappa shape index (κ3) is 4.31. The van der Waals surface area contributed by atoms with Gasteiger partial charge in [0.2, 0.25) is 11.8 Å². The second-order valence-corrected chi connectivity index (χ2v) is 9.26. The minimum atomic E-state index is -0.555. The number of fused-ring (bicyclic) bond motifs is 1. The number of anilines is 2. The summed E-state index contributed by atoms with van der Waals surface area (Å²) in [6.07, 6.45) is 1.05. The molecule has 0 bridgehead atoms. The van der Waals surface area contributed by atoms with Crippen LogP contribution in [0.1, 0.15) is 39.2 Å². The molecule has 2 fully saturated rings. The van der Waals surface area contributed by atoms with Crippen LogP contribution in [-0.2, 0) is 20.7 Å². The molecule has 9 heteroatoms. The van der Waals surface area contributed by atoms with Gasteiger partial charge in [-0.2, -0.15) is 0 Å². The van der Waals surface area contributed by atoms with E-state index < -0.39 is 11.6 Å². The maximum absolute atomic E-state index is 14.9. The molecule has 31 heavy (non-hydrogen) atoms. The lowest BCUT2D eigenvalue weighted by Gasteiger charge is -2.38. The zero-order chi connectivity index (χ0) is 22.3. The number of halogens is 1. The van der Waals surface area contributed by atoms with E-state index in [2.05, 4.69) is 5.32 Å². The third-order valence-corrected chi connectivity index (χ3v) is 5.95. The molecule has 0 spiro atoms. The van der Waals surface area contributed by atoms with Crippen molar-refractivity contribution in [3.05, 3.63) is 23.5 Å².